The molecule has 1 rings (SSSR count). The molecule has 2 nitrogen and oxygen atoms in total. The summed E-state index contributed by atoms with van der Waals surface area (Å²) in [5.41, 5.74) is 6.47. The molecule has 0 unspecified atom stereocenters. The van der Waals surface area contributed by atoms with E-state index in [4.69, 9.17) is 4.84 Å². The van der Waals surface area contributed by atoms with E-state index < -0.39 is 0 Å². The molecule has 2 heteroatoms. The summed E-state index contributed by atoms with van der Waals surface area (Å²) in [5, 5.41) is 0. The second-order valence-corrected chi connectivity index (χ2v) is 3.28. The van der Waals surface area contributed by atoms with E-state index in [1.54, 1.807) is 7.05 Å². The molecule has 1 aromatic carbocycles. The van der Waals surface area contributed by atoms with Gasteiger partial charge in [0.1, 0.15) is 0 Å². The summed E-state index contributed by atoms with van der Waals surface area (Å²) in [6.45, 7) is 4.81. The Labute approximate surface area is 85.5 Å². The third-order valence-electron chi connectivity index (χ3n) is 2.05. The number of hydrogen-bond donors (Lipinski definition) is 1. The lowest BCUT2D eigenvalue weighted by Gasteiger charge is -2.01. The highest BCUT2D eigenvalue weighted by Gasteiger charge is 1.93. The van der Waals surface area contributed by atoms with Crippen molar-refractivity contribution in [1.82, 2.24) is 5.48 Å². The van der Waals surface area contributed by atoms with Gasteiger partial charge in [0.05, 0.1) is 6.61 Å². The van der Waals surface area contributed by atoms with Gasteiger partial charge in [0.15, 0.2) is 0 Å². The van der Waals surface area contributed by atoms with Gasteiger partial charge in [0.25, 0.3) is 0 Å². The molecule has 0 amide bonds. The highest BCUT2D eigenvalue weighted by atomic mass is 16.6. The Morgan fingerprint density at radius 3 is 2.79 bits per heavy atom. The molecule has 1 aromatic rings. The first-order chi connectivity index (χ1) is 6.74. The van der Waals surface area contributed by atoms with Crippen molar-refractivity contribution in [3.8, 4) is 0 Å². The maximum atomic E-state index is 4.98. The highest BCUT2D eigenvalue weighted by molar-refractivity contribution is 5.54. The van der Waals surface area contributed by atoms with E-state index in [2.05, 4.69) is 43.6 Å². The van der Waals surface area contributed by atoms with Gasteiger partial charge in [-0.05, 0) is 25.0 Å². The molecular formula is C12H17NO. The van der Waals surface area contributed by atoms with Crippen LogP contribution in [-0.4, -0.2) is 13.7 Å². The fraction of sp³-hybridized carbons (Fsp3) is 0.333. The number of rotatable bonds is 4. The van der Waals surface area contributed by atoms with E-state index in [1.807, 2.05) is 6.08 Å². The largest absolute Gasteiger partial charge is 0.298 e. The Morgan fingerprint density at radius 2 is 2.14 bits per heavy atom. The van der Waals surface area contributed by atoms with Crippen molar-refractivity contribution in [2.45, 2.75) is 13.8 Å². The van der Waals surface area contributed by atoms with Gasteiger partial charge in [-0.1, -0.05) is 35.9 Å². The number of hydrogen-bond acceptors (Lipinski definition) is 2. The molecular weight excluding hydrogens is 174 g/mol. The van der Waals surface area contributed by atoms with Crippen LogP contribution in [-0.2, 0) is 4.84 Å². The summed E-state index contributed by atoms with van der Waals surface area (Å²) in [6, 6.07) is 6.42. The van der Waals surface area contributed by atoms with Crippen LogP contribution in [0.25, 0.3) is 6.08 Å². The van der Waals surface area contributed by atoms with Crippen molar-refractivity contribution in [3.05, 3.63) is 41.0 Å². The summed E-state index contributed by atoms with van der Waals surface area (Å²) in [6.07, 6.45) is 4.07. The first kappa shape index (κ1) is 11.0. The fourth-order valence-corrected chi connectivity index (χ4v) is 1.32. The normalized spacial score (nSPS) is 11.1. The molecule has 0 aromatic heterocycles. The number of benzene rings is 1. The van der Waals surface area contributed by atoms with Gasteiger partial charge in [-0.25, -0.2) is 5.48 Å². The van der Waals surface area contributed by atoms with E-state index in [0.717, 1.165) is 0 Å². The molecule has 1 N–H and O–H groups in total. The zero-order valence-electron chi connectivity index (χ0n) is 9.00. The zero-order valence-corrected chi connectivity index (χ0v) is 9.00. The van der Waals surface area contributed by atoms with Gasteiger partial charge >= 0.3 is 0 Å². The molecule has 0 radical (unpaired) electrons. The lowest BCUT2D eigenvalue weighted by Crippen LogP contribution is -2.06. The smallest absolute Gasteiger partial charge is 0.0866 e. The molecule has 0 aliphatic rings. The van der Waals surface area contributed by atoms with Crippen molar-refractivity contribution in [3.63, 3.8) is 0 Å². The quantitative estimate of drug-likeness (QED) is 0.583. The summed E-state index contributed by atoms with van der Waals surface area (Å²) in [5.74, 6) is 0. The summed E-state index contributed by atoms with van der Waals surface area (Å²) < 4.78 is 0. The Bertz CT molecular complexity index is 318. The zero-order chi connectivity index (χ0) is 10.4. The van der Waals surface area contributed by atoms with Gasteiger partial charge in [-0.2, -0.15) is 0 Å². The lowest BCUT2D eigenvalue weighted by atomic mass is 10.1. The van der Waals surface area contributed by atoms with Gasteiger partial charge in [0.2, 0.25) is 0 Å². The average Bonchev–Trinajstić information content (AvgIpc) is 2.15. The molecule has 0 atom stereocenters. The lowest BCUT2D eigenvalue weighted by molar-refractivity contribution is 0.0814. The maximum Gasteiger partial charge on any atom is 0.0866 e. The predicted molar refractivity (Wildman–Crippen MR) is 60.0 cm³/mol. The topological polar surface area (TPSA) is 21.3 Å². The third-order valence-corrected chi connectivity index (χ3v) is 2.05. The first-order valence-corrected chi connectivity index (χ1v) is 4.76. The fourth-order valence-electron chi connectivity index (χ4n) is 1.32. The van der Waals surface area contributed by atoms with E-state index >= 15 is 0 Å². The SMILES string of the molecule is CNOC/C=C/c1ccc(C)cc1C. The van der Waals surface area contributed by atoms with Crippen LogP contribution in [0.3, 0.4) is 0 Å². The maximum absolute atomic E-state index is 4.98. The molecule has 0 spiro atoms. The molecule has 0 heterocycles. The standard InChI is InChI=1S/C12H17NO/c1-10-6-7-12(11(2)9-10)5-4-8-14-13-3/h4-7,9,13H,8H2,1-3H3/b5-4+. The summed E-state index contributed by atoms with van der Waals surface area (Å²) in [7, 11) is 1.75. The Hall–Kier alpha value is -1.12. The Morgan fingerprint density at radius 1 is 1.36 bits per heavy atom. The van der Waals surface area contributed by atoms with Crippen LogP contribution >= 0.6 is 0 Å². The average molecular weight is 191 g/mol. The molecule has 0 bridgehead atoms. The molecule has 14 heavy (non-hydrogen) atoms. The van der Waals surface area contributed by atoms with E-state index in [9.17, 15) is 0 Å². The minimum Gasteiger partial charge on any atom is -0.298 e. The molecule has 0 saturated carbocycles. The van der Waals surface area contributed by atoms with Crippen LogP contribution in [0, 0.1) is 13.8 Å². The second kappa shape index (κ2) is 5.58. The van der Waals surface area contributed by atoms with Crippen LogP contribution in [0.4, 0.5) is 0 Å². The van der Waals surface area contributed by atoms with Gasteiger partial charge in [-0.15, -0.1) is 0 Å². The van der Waals surface area contributed by atoms with E-state index in [-0.39, 0.29) is 0 Å². The molecule has 0 aliphatic heterocycles. The van der Waals surface area contributed by atoms with Gasteiger partial charge in [0, 0.05) is 7.05 Å². The van der Waals surface area contributed by atoms with Crippen molar-refractivity contribution in [2.24, 2.45) is 0 Å². The molecule has 76 valence electrons. The van der Waals surface area contributed by atoms with Crippen molar-refractivity contribution < 1.29 is 4.84 Å². The van der Waals surface area contributed by atoms with Crippen molar-refractivity contribution in [1.29, 1.82) is 0 Å². The highest BCUT2D eigenvalue weighted by Crippen LogP contribution is 2.11. The number of hydroxylamine groups is 1. The van der Waals surface area contributed by atoms with Crippen molar-refractivity contribution >= 4 is 6.08 Å². The van der Waals surface area contributed by atoms with Crippen LogP contribution in [0.1, 0.15) is 16.7 Å². The Balaban J connectivity index is 2.62. The van der Waals surface area contributed by atoms with Crippen LogP contribution in [0.15, 0.2) is 24.3 Å². The van der Waals surface area contributed by atoms with Crippen LogP contribution in [0.5, 0.6) is 0 Å². The second-order valence-electron chi connectivity index (χ2n) is 3.28. The van der Waals surface area contributed by atoms with Gasteiger partial charge < -0.3 is 0 Å². The van der Waals surface area contributed by atoms with Crippen LogP contribution < -0.4 is 5.48 Å². The van der Waals surface area contributed by atoms with Crippen molar-refractivity contribution in [2.75, 3.05) is 13.7 Å². The number of nitrogens with one attached hydrogen (secondary N) is 1. The summed E-state index contributed by atoms with van der Waals surface area (Å²) in [4.78, 5) is 4.98. The monoisotopic (exact) mass is 191 g/mol. The van der Waals surface area contributed by atoms with E-state index in [0.29, 0.717) is 6.61 Å². The summed E-state index contributed by atoms with van der Waals surface area (Å²) >= 11 is 0. The molecule has 0 fully saturated rings. The minimum atomic E-state index is 0.587. The number of aryl methyl sites for hydroxylation is 2. The Kier molecular flexibility index (Phi) is 4.36. The van der Waals surface area contributed by atoms with Crippen LogP contribution in [0.2, 0.25) is 0 Å². The minimum absolute atomic E-state index is 0.587. The molecule has 0 aliphatic carbocycles. The predicted octanol–water partition coefficient (Wildman–Crippen LogP) is 2.47. The first-order valence-electron chi connectivity index (χ1n) is 4.76. The third kappa shape index (κ3) is 3.32. The van der Waals surface area contributed by atoms with E-state index in [1.165, 1.54) is 16.7 Å². The molecule has 0 saturated heterocycles. The van der Waals surface area contributed by atoms with Gasteiger partial charge in [-0.3, -0.25) is 4.84 Å².